The third kappa shape index (κ3) is 10.6. The summed E-state index contributed by atoms with van der Waals surface area (Å²) >= 11 is 2.89. The number of rotatable bonds is 9. The lowest BCUT2D eigenvalue weighted by molar-refractivity contribution is 0.335. The molecule has 0 N–H and O–H groups in total. The largest absolute Gasteiger partial charge is 0.316 e. The first kappa shape index (κ1) is 12.6. The molecule has 0 fully saturated rings. The van der Waals surface area contributed by atoms with Gasteiger partial charge in [0.2, 0.25) is 0 Å². The molecule has 12 heavy (non-hydrogen) atoms. The minimum Gasteiger partial charge on any atom is -0.316 e. The number of unbranched alkanes of at least 4 members (excludes halogenated alkanes) is 3. The Balaban J connectivity index is 2.73. The van der Waals surface area contributed by atoms with Crippen molar-refractivity contribution in [1.82, 2.24) is 0 Å². The van der Waals surface area contributed by atoms with Crippen LogP contribution < -0.4 is 0 Å². The van der Waals surface area contributed by atoms with Crippen LogP contribution >= 0.6 is 24.1 Å². The van der Waals surface area contributed by atoms with Gasteiger partial charge < -0.3 is 8.37 Å². The third-order valence-electron chi connectivity index (χ3n) is 1.44. The number of hydrogen-bond acceptors (Lipinski definition) is 4. The van der Waals surface area contributed by atoms with E-state index >= 15 is 0 Å². The molecule has 0 spiro atoms. The fourth-order valence-corrected chi connectivity index (χ4v) is 1.41. The van der Waals surface area contributed by atoms with E-state index in [2.05, 4.69) is 0 Å². The van der Waals surface area contributed by atoms with Gasteiger partial charge in [0, 0.05) is 12.5 Å². The van der Waals surface area contributed by atoms with Crippen molar-refractivity contribution in [2.24, 2.45) is 0 Å². The summed E-state index contributed by atoms with van der Waals surface area (Å²) in [7, 11) is 0. The van der Waals surface area contributed by atoms with Gasteiger partial charge in [0.15, 0.2) is 0 Å². The zero-order valence-electron chi connectivity index (χ0n) is 7.88. The van der Waals surface area contributed by atoms with Crippen LogP contribution in [0, 0.1) is 0 Å². The van der Waals surface area contributed by atoms with Crippen LogP contribution in [0.4, 0.5) is 0 Å². The predicted molar refractivity (Wildman–Crippen MR) is 57.4 cm³/mol. The molecule has 0 aliphatic carbocycles. The lowest BCUT2D eigenvalue weighted by atomic mass is 10.2. The monoisotopic (exact) mass is 210 g/mol. The Bertz CT molecular complexity index is 71.5. The molecule has 4 heteroatoms. The molecule has 0 saturated heterocycles. The van der Waals surface area contributed by atoms with Crippen molar-refractivity contribution in [3.63, 3.8) is 0 Å². The highest BCUT2D eigenvalue weighted by Gasteiger charge is 1.90. The summed E-state index contributed by atoms with van der Waals surface area (Å²) < 4.78 is 10.3. The van der Waals surface area contributed by atoms with Crippen molar-refractivity contribution in [2.45, 2.75) is 25.7 Å². The average molecular weight is 210 g/mol. The smallest absolute Gasteiger partial charge is 0.0613 e. The zero-order valence-corrected chi connectivity index (χ0v) is 9.51. The fourth-order valence-electron chi connectivity index (χ4n) is 0.842. The molecule has 0 aromatic carbocycles. The Kier molecular flexibility index (Phi) is 12.2. The maximum atomic E-state index is 5.14. The molecule has 0 aliphatic rings. The van der Waals surface area contributed by atoms with Crippen LogP contribution in [0.15, 0.2) is 0 Å². The van der Waals surface area contributed by atoms with E-state index in [1.165, 1.54) is 49.8 Å². The summed E-state index contributed by atoms with van der Waals surface area (Å²) in [5.74, 6) is 0. The highest BCUT2D eigenvalue weighted by Crippen LogP contribution is 2.05. The van der Waals surface area contributed by atoms with E-state index in [1.54, 1.807) is 0 Å². The topological polar surface area (TPSA) is 18.5 Å². The summed E-state index contributed by atoms with van der Waals surface area (Å²) in [6.07, 6.45) is 8.73. The molecule has 0 radical (unpaired) electrons. The molecule has 2 nitrogen and oxygen atoms in total. The van der Waals surface area contributed by atoms with Crippen molar-refractivity contribution >= 4 is 24.1 Å². The lowest BCUT2D eigenvalue weighted by Gasteiger charge is -2.00. The summed E-state index contributed by atoms with van der Waals surface area (Å²) in [6, 6.07) is 0. The molecular weight excluding hydrogens is 192 g/mol. The molecule has 74 valence electrons. The van der Waals surface area contributed by atoms with Gasteiger partial charge in [0.25, 0.3) is 0 Å². The van der Waals surface area contributed by atoms with Crippen LogP contribution in [0.5, 0.6) is 0 Å². The summed E-state index contributed by atoms with van der Waals surface area (Å²) in [5, 5.41) is 0. The second-order valence-electron chi connectivity index (χ2n) is 2.39. The van der Waals surface area contributed by atoms with Gasteiger partial charge >= 0.3 is 0 Å². The molecule has 0 amide bonds. The predicted octanol–water partition coefficient (Wildman–Crippen LogP) is 3.14. The van der Waals surface area contributed by atoms with Gasteiger partial charge in [-0.1, -0.05) is 12.8 Å². The maximum absolute atomic E-state index is 5.14. The Morgan fingerprint density at radius 2 is 1.17 bits per heavy atom. The van der Waals surface area contributed by atoms with E-state index in [1.807, 2.05) is 12.5 Å². The van der Waals surface area contributed by atoms with Gasteiger partial charge in [-0.05, 0) is 36.9 Å². The van der Waals surface area contributed by atoms with Gasteiger partial charge in [0.1, 0.15) is 0 Å². The first-order valence-electron chi connectivity index (χ1n) is 4.23. The van der Waals surface area contributed by atoms with Crippen LogP contribution in [0.25, 0.3) is 0 Å². The van der Waals surface area contributed by atoms with Crippen LogP contribution in [-0.4, -0.2) is 25.7 Å². The summed E-state index contributed by atoms with van der Waals surface area (Å²) in [5.41, 5.74) is 0. The summed E-state index contributed by atoms with van der Waals surface area (Å²) in [4.78, 5) is 0. The maximum Gasteiger partial charge on any atom is 0.0613 e. The second kappa shape index (κ2) is 11.6. The Hall–Kier alpha value is 0.620. The molecule has 0 unspecified atom stereocenters. The first-order chi connectivity index (χ1) is 5.91. The lowest BCUT2D eigenvalue weighted by Crippen LogP contribution is -1.89. The summed E-state index contributed by atoms with van der Waals surface area (Å²) in [6.45, 7) is 1.76. The Morgan fingerprint density at radius 3 is 1.50 bits per heavy atom. The minimum atomic E-state index is 0.880. The van der Waals surface area contributed by atoms with Crippen LogP contribution in [0.1, 0.15) is 25.7 Å². The van der Waals surface area contributed by atoms with Crippen LogP contribution in [0.2, 0.25) is 0 Å². The van der Waals surface area contributed by atoms with Crippen LogP contribution in [0.3, 0.4) is 0 Å². The molecule has 0 aromatic heterocycles. The van der Waals surface area contributed by atoms with Crippen molar-refractivity contribution in [2.75, 3.05) is 25.7 Å². The van der Waals surface area contributed by atoms with E-state index in [0.29, 0.717) is 0 Å². The normalized spacial score (nSPS) is 10.5. The molecule has 0 atom stereocenters. The highest BCUT2D eigenvalue weighted by molar-refractivity contribution is 7.94. The Morgan fingerprint density at radius 1 is 0.750 bits per heavy atom. The fraction of sp³-hybridized carbons (Fsp3) is 1.00. The van der Waals surface area contributed by atoms with Gasteiger partial charge in [-0.15, -0.1) is 0 Å². The van der Waals surface area contributed by atoms with Crippen LogP contribution in [-0.2, 0) is 8.37 Å². The first-order valence-corrected chi connectivity index (χ1v) is 6.53. The van der Waals surface area contributed by atoms with Gasteiger partial charge in [-0.2, -0.15) is 0 Å². The third-order valence-corrected chi connectivity index (χ3v) is 2.25. The molecule has 0 heterocycles. The molecule has 0 aromatic rings. The molecule has 0 aliphatic heterocycles. The van der Waals surface area contributed by atoms with E-state index in [4.69, 9.17) is 8.37 Å². The molecule has 0 bridgehead atoms. The van der Waals surface area contributed by atoms with E-state index in [9.17, 15) is 0 Å². The van der Waals surface area contributed by atoms with Gasteiger partial charge in [0.05, 0.1) is 13.2 Å². The van der Waals surface area contributed by atoms with Crippen molar-refractivity contribution in [1.29, 1.82) is 0 Å². The second-order valence-corrected chi connectivity index (χ2v) is 3.53. The SMILES string of the molecule is CSOCCCCCCOSC. The minimum absolute atomic E-state index is 0.880. The van der Waals surface area contributed by atoms with Gasteiger partial charge in [-0.3, -0.25) is 0 Å². The van der Waals surface area contributed by atoms with E-state index in [-0.39, 0.29) is 0 Å². The average Bonchev–Trinajstić information content (AvgIpc) is 2.10. The highest BCUT2D eigenvalue weighted by atomic mass is 32.2. The standard InChI is InChI=1S/C8H18O2S2/c1-11-9-7-5-3-4-6-8-10-12-2/h3-8H2,1-2H3. The quantitative estimate of drug-likeness (QED) is 0.430. The van der Waals surface area contributed by atoms with E-state index < -0.39 is 0 Å². The zero-order chi connectivity index (χ0) is 9.07. The van der Waals surface area contributed by atoms with Crippen molar-refractivity contribution < 1.29 is 8.37 Å². The van der Waals surface area contributed by atoms with E-state index in [0.717, 1.165) is 13.2 Å². The molecular formula is C8H18O2S2. The Labute approximate surface area is 84.2 Å². The number of hydrogen-bond donors (Lipinski definition) is 0. The molecule has 0 saturated carbocycles. The van der Waals surface area contributed by atoms with Gasteiger partial charge in [-0.25, -0.2) is 0 Å². The van der Waals surface area contributed by atoms with Crippen molar-refractivity contribution in [3.05, 3.63) is 0 Å². The van der Waals surface area contributed by atoms with Crippen molar-refractivity contribution in [3.8, 4) is 0 Å². The molecule has 0 rings (SSSR count).